The molecule has 2 amide bonds. The SMILES string of the molecule is Cc1ccc(C(=O)Nc2ccc(C)c(C)c2)c(C2CCN(C(=O)c3ccccc3F)CC2)n1. The van der Waals surface area contributed by atoms with Gasteiger partial charge in [0, 0.05) is 30.4 Å². The summed E-state index contributed by atoms with van der Waals surface area (Å²) in [5.41, 5.74) is 5.28. The van der Waals surface area contributed by atoms with Gasteiger partial charge in [-0.25, -0.2) is 4.39 Å². The van der Waals surface area contributed by atoms with Crippen LogP contribution in [0.15, 0.2) is 54.6 Å². The minimum Gasteiger partial charge on any atom is -0.339 e. The van der Waals surface area contributed by atoms with Crippen LogP contribution in [0.2, 0.25) is 0 Å². The molecule has 1 aliphatic rings. The van der Waals surface area contributed by atoms with Crippen molar-refractivity contribution in [1.29, 1.82) is 0 Å². The van der Waals surface area contributed by atoms with Crippen molar-refractivity contribution < 1.29 is 14.0 Å². The number of hydrogen-bond donors (Lipinski definition) is 1. The molecule has 170 valence electrons. The van der Waals surface area contributed by atoms with Gasteiger partial charge < -0.3 is 10.2 Å². The van der Waals surface area contributed by atoms with Crippen LogP contribution in [0.4, 0.5) is 10.1 Å². The highest BCUT2D eigenvalue weighted by Gasteiger charge is 2.29. The third kappa shape index (κ3) is 4.95. The maximum absolute atomic E-state index is 14.0. The number of anilines is 1. The van der Waals surface area contributed by atoms with E-state index >= 15 is 0 Å². The van der Waals surface area contributed by atoms with Gasteiger partial charge in [-0.15, -0.1) is 0 Å². The Bertz CT molecular complexity index is 1200. The number of likely N-dealkylation sites (tertiary alicyclic amines) is 1. The number of aromatic nitrogens is 1. The van der Waals surface area contributed by atoms with Gasteiger partial charge in [0.1, 0.15) is 5.82 Å². The van der Waals surface area contributed by atoms with E-state index in [1.165, 1.54) is 17.7 Å². The van der Waals surface area contributed by atoms with Crippen LogP contribution in [0.25, 0.3) is 0 Å². The molecule has 3 aromatic rings. The summed E-state index contributed by atoms with van der Waals surface area (Å²) < 4.78 is 14.0. The Hall–Kier alpha value is -3.54. The molecule has 4 rings (SSSR count). The number of piperidine rings is 1. The first-order valence-corrected chi connectivity index (χ1v) is 11.2. The van der Waals surface area contributed by atoms with Crippen molar-refractivity contribution >= 4 is 17.5 Å². The van der Waals surface area contributed by atoms with Gasteiger partial charge in [-0.1, -0.05) is 18.2 Å². The van der Waals surface area contributed by atoms with Crippen molar-refractivity contribution in [2.24, 2.45) is 0 Å². The molecule has 5 nitrogen and oxygen atoms in total. The normalized spacial score (nSPS) is 14.2. The maximum atomic E-state index is 14.0. The minimum atomic E-state index is -0.504. The lowest BCUT2D eigenvalue weighted by molar-refractivity contribution is 0.0706. The molecule has 2 aromatic carbocycles. The lowest BCUT2D eigenvalue weighted by Gasteiger charge is -2.32. The van der Waals surface area contributed by atoms with Crippen molar-refractivity contribution in [3.8, 4) is 0 Å². The van der Waals surface area contributed by atoms with E-state index in [0.717, 1.165) is 22.6 Å². The van der Waals surface area contributed by atoms with Crippen molar-refractivity contribution in [1.82, 2.24) is 9.88 Å². The fourth-order valence-corrected chi connectivity index (χ4v) is 4.26. The highest BCUT2D eigenvalue weighted by molar-refractivity contribution is 6.05. The molecule has 1 aromatic heterocycles. The zero-order valence-electron chi connectivity index (χ0n) is 19.2. The molecule has 0 radical (unpaired) electrons. The number of rotatable bonds is 4. The van der Waals surface area contributed by atoms with Gasteiger partial charge in [0.25, 0.3) is 11.8 Å². The second-order valence-corrected chi connectivity index (χ2v) is 8.68. The average molecular weight is 446 g/mol. The number of pyridine rings is 1. The third-order valence-corrected chi connectivity index (χ3v) is 6.35. The second kappa shape index (κ2) is 9.53. The predicted molar refractivity (Wildman–Crippen MR) is 127 cm³/mol. The molecule has 0 saturated carbocycles. The van der Waals surface area contributed by atoms with E-state index in [9.17, 15) is 14.0 Å². The van der Waals surface area contributed by atoms with E-state index in [1.54, 1.807) is 17.0 Å². The van der Waals surface area contributed by atoms with Gasteiger partial charge in [-0.3, -0.25) is 14.6 Å². The molecular weight excluding hydrogens is 417 g/mol. The van der Waals surface area contributed by atoms with Gasteiger partial charge in [0.05, 0.1) is 16.8 Å². The molecule has 0 bridgehead atoms. The predicted octanol–water partition coefficient (Wildman–Crippen LogP) is 5.42. The zero-order chi connectivity index (χ0) is 23.5. The average Bonchev–Trinajstić information content (AvgIpc) is 2.81. The third-order valence-electron chi connectivity index (χ3n) is 6.35. The van der Waals surface area contributed by atoms with Gasteiger partial charge >= 0.3 is 0 Å². The fourth-order valence-electron chi connectivity index (χ4n) is 4.26. The Morgan fingerprint density at radius 2 is 1.67 bits per heavy atom. The molecule has 1 saturated heterocycles. The van der Waals surface area contributed by atoms with Crippen LogP contribution in [-0.2, 0) is 0 Å². The lowest BCUT2D eigenvalue weighted by Crippen LogP contribution is -2.38. The number of carbonyl (C=O) groups excluding carboxylic acids is 2. The molecule has 33 heavy (non-hydrogen) atoms. The van der Waals surface area contributed by atoms with Crippen molar-refractivity contribution in [3.63, 3.8) is 0 Å². The van der Waals surface area contributed by atoms with E-state index in [2.05, 4.69) is 5.32 Å². The van der Waals surface area contributed by atoms with Crippen molar-refractivity contribution in [2.75, 3.05) is 18.4 Å². The minimum absolute atomic E-state index is 0.0510. The number of carbonyl (C=O) groups is 2. The number of hydrogen-bond acceptors (Lipinski definition) is 3. The Morgan fingerprint density at radius 3 is 2.36 bits per heavy atom. The van der Waals surface area contributed by atoms with Crippen LogP contribution in [0.3, 0.4) is 0 Å². The zero-order valence-corrected chi connectivity index (χ0v) is 19.2. The summed E-state index contributed by atoms with van der Waals surface area (Å²) in [4.78, 5) is 32.3. The van der Waals surface area contributed by atoms with Crippen molar-refractivity contribution in [3.05, 3.63) is 94.1 Å². The maximum Gasteiger partial charge on any atom is 0.257 e. The molecule has 1 N–H and O–H groups in total. The van der Waals surface area contributed by atoms with E-state index in [-0.39, 0.29) is 23.3 Å². The van der Waals surface area contributed by atoms with Gasteiger partial charge in [0.15, 0.2) is 0 Å². The number of nitrogens with one attached hydrogen (secondary N) is 1. The number of benzene rings is 2. The van der Waals surface area contributed by atoms with E-state index in [0.29, 0.717) is 31.5 Å². The van der Waals surface area contributed by atoms with Crippen LogP contribution >= 0.6 is 0 Å². The Kier molecular flexibility index (Phi) is 6.54. The van der Waals surface area contributed by atoms with Crippen LogP contribution in [-0.4, -0.2) is 34.8 Å². The highest BCUT2D eigenvalue weighted by atomic mass is 19.1. The molecule has 1 fully saturated rings. The summed E-state index contributed by atoms with van der Waals surface area (Å²) in [5, 5.41) is 2.99. The number of aryl methyl sites for hydroxylation is 3. The molecule has 0 aliphatic carbocycles. The summed E-state index contributed by atoms with van der Waals surface area (Å²) in [6, 6.07) is 15.6. The molecular formula is C27H28FN3O2. The number of amides is 2. The Morgan fingerprint density at radius 1 is 0.939 bits per heavy atom. The summed E-state index contributed by atoms with van der Waals surface area (Å²) >= 11 is 0. The monoisotopic (exact) mass is 445 g/mol. The summed E-state index contributed by atoms with van der Waals surface area (Å²) in [6.45, 7) is 6.94. The quantitative estimate of drug-likeness (QED) is 0.583. The first kappa shape index (κ1) is 22.6. The van der Waals surface area contributed by atoms with Crippen LogP contribution in [0.5, 0.6) is 0 Å². The fraction of sp³-hybridized carbons (Fsp3) is 0.296. The summed E-state index contributed by atoms with van der Waals surface area (Å²) in [5.74, 6) is -0.938. The van der Waals surface area contributed by atoms with Crippen molar-refractivity contribution in [2.45, 2.75) is 39.5 Å². The van der Waals surface area contributed by atoms with E-state index in [1.807, 2.05) is 51.1 Å². The number of halogens is 1. The molecule has 0 atom stereocenters. The molecule has 1 aliphatic heterocycles. The highest BCUT2D eigenvalue weighted by Crippen LogP contribution is 2.31. The second-order valence-electron chi connectivity index (χ2n) is 8.68. The van der Waals surface area contributed by atoms with Crippen LogP contribution in [0.1, 0.15) is 62.0 Å². The first-order valence-electron chi connectivity index (χ1n) is 11.2. The topological polar surface area (TPSA) is 62.3 Å². The van der Waals surface area contributed by atoms with Gasteiger partial charge in [-0.2, -0.15) is 0 Å². The van der Waals surface area contributed by atoms with Gasteiger partial charge in [0.2, 0.25) is 0 Å². The van der Waals surface area contributed by atoms with Gasteiger partial charge in [-0.05, 0) is 81.1 Å². The Labute approximate surface area is 193 Å². The first-order chi connectivity index (χ1) is 15.8. The van der Waals surface area contributed by atoms with Crippen LogP contribution in [0, 0.1) is 26.6 Å². The smallest absolute Gasteiger partial charge is 0.257 e. The Balaban J connectivity index is 1.50. The molecule has 6 heteroatoms. The molecule has 0 unspecified atom stereocenters. The van der Waals surface area contributed by atoms with Crippen LogP contribution < -0.4 is 5.32 Å². The van der Waals surface area contributed by atoms with E-state index < -0.39 is 5.82 Å². The largest absolute Gasteiger partial charge is 0.339 e. The summed E-state index contributed by atoms with van der Waals surface area (Å²) in [7, 11) is 0. The molecule has 2 heterocycles. The summed E-state index contributed by atoms with van der Waals surface area (Å²) in [6.07, 6.45) is 1.33. The standard InChI is InChI=1S/C27H28FN3O2/c1-17-8-10-21(16-18(17)2)30-26(32)23-11-9-19(3)29-25(23)20-12-14-31(15-13-20)27(33)22-6-4-5-7-24(22)28/h4-11,16,20H,12-15H2,1-3H3,(H,30,32). The lowest BCUT2D eigenvalue weighted by atomic mass is 9.89. The molecule has 0 spiro atoms. The van der Waals surface area contributed by atoms with E-state index in [4.69, 9.17) is 4.98 Å². The number of nitrogens with zero attached hydrogens (tertiary/aromatic N) is 2.